The fraction of sp³-hybridized carbons (Fsp3) is 0.0769. The Labute approximate surface area is 127 Å². The van der Waals surface area contributed by atoms with Crippen molar-refractivity contribution in [2.45, 2.75) is 11.4 Å². The molecule has 2 aromatic rings. The number of nitrogens with two attached hydrogens (primary N) is 1. The fourth-order valence-corrected chi connectivity index (χ4v) is 3.13. The Morgan fingerprint density at radius 3 is 2.10 bits per heavy atom. The van der Waals surface area contributed by atoms with Crippen LogP contribution in [0.5, 0.6) is 0 Å². The third kappa shape index (κ3) is 3.43. The van der Waals surface area contributed by atoms with E-state index < -0.39 is 10.0 Å². The van der Waals surface area contributed by atoms with Gasteiger partial charge >= 0.3 is 0 Å². The highest BCUT2D eigenvalue weighted by molar-refractivity contribution is 7.89. The third-order valence-corrected chi connectivity index (χ3v) is 4.82. The van der Waals surface area contributed by atoms with Crippen LogP contribution in [0.1, 0.15) is 5.56 Å². The summed E-state index contributed by atoms with van der Waals surface area (Å²) in [5.41, 5.74) is 6.56. The topological polar surface area (TPSA) is 72.2 Å². The monoisotopic (exact) mass is 330 g/mol. The SMILES string of the molecule is Nc1ccc(S(=O)(=O)NCc2c(Cl)cccc2Cl)cc1. The smallest absolute Gasteiger partial charge is 0.240 e. The van der Waals surface area contributed by atoms with Crippen molar-refractivity contribution in [1.29, 1.82) is 0 Å². The molecule has 0 aliphatic heterocycles. The summed E-state index contributed by atoms with van der Waals surface area (Å²) in [6, 6.07) is 10.9. The second kappa shape index (κ2) is 6.01. The van der Waals surface area contributed by atoms with Crippen molar-refractivity contribution in [3.63, 3.8) is 0 Å². The average Bonchev–Trinajstić information content (AvgIpc) is 2.38. The Bertz CT molecular complexity index is 695. The van der Waals surface area contributed by atoms with Gasteiger partial charge in [0.2, 0.25) is 10.0 Å². The van der Waals surface area contributed by atoms with E-state index in [1.807, 2.05) is 0 Å². The van der Waals surface area contributed by atoms with Crippen LogP contribution in [0.2, 0.25) is 10.0 Å². The van der Waals surface area contributed by atoms with E-state index in [2.05, 4.69) is 4.72 Å². The molecule has 7 heteroatoms. The molecule has 0 atom stereocenters. The molecule has 2 rings (SSSR count). The van der Waals surface area contributed by atoms with Crippen molar-refractivity contribution in [3.05, 3.63) is 58.1 Å². The maximum atomic E-state index is 12.1. The van der Waals surface area contributed by atoms with Gasteiger partial charge in [-0.15, -0.1) is 0 Å². The first-order chi connectivity index (χ1) is 9.40. The summed E-state index contributed by atoms with van der Waals surface area (Å²) in [6.45, 7) is 0.0191. The number of hydrogen-bond donors (Lipinski definition) is 2. The summed E-state index contributed by atoms with van der Waals surface area (Å²) in [6.07, 6.45) is 0. The summed E-state index contributed by atoms with van der Waals surface area (Å²) in [5.74, 6) is 0. The van der Waals surface area contributed by atoms with Crippen LogP contribution >= 0.6 is 23.2 Å². The van der Waals surface area contributed by atoms with Gasteiger partial charge in [0.25, 0.3) is 0 Å². The van der Waals surface area contributed by atoms with E-state index in [9.17, 15) is 8.42 Å². The molecule has 0 aliphatic carbocycles. The highest BCUT2D eigenvalue weighted by Crippen LogP contribution is 2.24. The molecule has 3 N–H and O–H groups in total. The number of halogens is 2. The lowest BCUT2D eigenvalue weighted by Gasteiger charge is -2.09. The van der Waals surface area contributed by atoms with Gasteiger partial charge in [0.15, 0.2) is 0 Å². The van der Waals surface area contributed by atoms with Gasteiger partial charge in [0.05, 0.1) is 4.90 Å². The zero-order chi connectivity index (χ0) is 14.8. The molecule has 0 heterocycles. The summed E-state index contributed by atoms with van der Waals surface area (Å²) in [4.78, 5) is 0.134. The second-order valence-corrected chi connectivity index (χ2v) is 6.68. The van der Waals surface area contributed by atoms with Gasteiger partial charge in [-0.05, 0) is 36.4 Å². The lowest BCUT2D eigenvalue weighted by Crippen LogP contribution is -2.23. The molecule has 0 saturated heterocycles. The van der Waals surface area contributed by atoms with Gasteiger partial charge in [0, 0.05) is 27.8 Å². The van der Waals surface area contributed by atoms with Gasteiger partial charge in [-0.25, -0.2) is 13.1 Å². The van der Waals surface area contributed by atoms with Gasteiger partial charge < -0.3 is 5.73 Å². The van der Waals surface area contributed by atoms with E-state index in [1.54, 1.807) is 18.2 Å². The maximum Gasteiger partial charge on any atom is 0.240 e. The van der Waals surface area contributed by atoms with Crippen molar-refractivity contribution < 1.29 is 8.42 Å². The Hall–Kier alpha value is -1.27. The molecule has 0 saturated carbocycles. The predicted octanol–water partition coefficient (Wildman–Crippen LogP) is 3.05. The van der Waals surface area contributed by atoms with Crippen molar-refractivity contribution in [2.75, 3.05) is 5.73 Å². The average molecular weight is 331 g/mol. The number of nitrogen functional groups attached to an aromatic ring is 1. The molecule has 4 nitrogen and oxygen atoms in total. The number of sulfonamides is 1. The van der Waals surface area contributed by atoms with E-state index in [0.29, 0.717) is 21.3 Å². The predicted molar refractivity (Wildman–Crippen MR) is 81.3 cm³/mol. The summed E-state index contributed by atoms with van der Waals surface area (Å²) in [7, 11) is -3.63. The molecular weight excluding hydrogens is 319 g/mol. The van der Waals surface area contributed by atoms with Gasteiger partial charge in [-0.1, -0.05) is 29.3 Å². The van der Waals surface area contributed by atoms with Crippen LogP contribution in [0.15, 0.2) is 47.4 Å². The molecule has 0 radical (unpaired) electrons. The largest absolute Gasteiger partial charge is 0.399 e. The first-order valence-electron chi connectivity index (χ1n) is 5.68. The zero-order valence-electron chi connectivity index (χ0n) is 10.3. The number of anilines is 1. The Balaban J connectivity index is 2.20. The van der Waals surface area contributed by atoms with Gasteiger partial charge in [0.1, 0.15) is 0 Å². The molecule has 0 spiro atoms. The van der Waals surface area contributed by atoms with Gasteiger partial charge in [-0.2, -0.15) is 0 Å². The van der Waals surface area contributed by atoms with Crippen LogP contribution < -0.4 is 10.5 Å². The van der Waals surface area contributed by atoms with Crippen LogP contribution in [0.3, 0.4) is 0 Å². The minimum absolute atomic E-state index is 0.0191. The number of nitrogens with one attached hydrogen (secondary N) is 1. The third-order valence-electron chi connectivity index (χ3n) is 2.69. The standard InChI is InChI=1S/C13H12Cl2N2O2S/c14-12-2-1-3-13(15)11(12)8-17-20(18,19)10-6-4-9(16)5-7-10/h1-7,17H,8,16H2. The van der Waals surface area contributed by atoms with Crippen LogP contribution in [-0.4, -0.2) is 8.42 Å². The van der Waals surface area contributed by atoms with Crippen molar-refractivity contribution >= 4 is 38.9 Å². The first kappa shape index (κ1) is 15.1. The van der Waals surface area contributed by atoms with E-state index in [4.69, 9.17) is 28.9 Å². The highest BCUT2D eigenvalue weighted by atomic mass is 35.5. The Kier molecular flexibility index (Phi) is 4.55. The van der Waals surface area contributed by atoms with Crippen molar-refractivity contribution in [2.24, 2.45) is 0 Å². The number of benzene rings is 2. The zero-order valence-corrected chi connectivity index (χ0v) is 12.6. The molecule has 0 aromatic heterocycles. The highest BCUT2D eigenvalue weighted by Gasteiger charge is 2.15. The Morgan fingerprint density at radius 1 is 1.00 bits per heavy atom. The van der Waals surface area contributed by atoms with Crippen LogP contribution in [0.25, 0.3) is 0 Å². The molecule has 0 bridgehead atoms. The van der Waals surface area contributed by atoms with Gasteiger partial charge in [-0.3, -0.25) is 0 Å². The van der Waals surface area contributed by atoms with E-state index in [0.717, 1.165) is 0 Å². The molecule has 2 aromatic carbocycles. The van der Waals surface area contributed by atoms with Crippen LogP contribution in [0.4, 0.5) is 5.69 Å². The lowest BCUT2D eigenvalue weighted by molar-refractivity contribution is 0.581. The van der Waals surface area contributed by atoms with Crippen LogP contribution in [0, 0.1) is 0 Å². The molecule has 0 amide bonds. The Morgan fingerprint density at radius 2 is 1.55 bits per heavy atom. The molecule has 0 aliphatic rings. The molecule has 20 heavy (non-hydrogen) atoms. The van der Waals surface area contributed by atoms with Crippen molar-refractivity contribution in [3.8, 4) is 0 Å². The molecular formula is C13H12Cl2N2O2S. The summed E-state index contributed by atoms with van der Waals surface area (Å²) in [5, 5.41) is 0.829. The van der Waals surface area contributed by atoms with E-state index in [-0.39, 0.29) is 11.4 Å². The van der Waals surface area contributed by atoms with E-state index in [1.165, 1.54) is 24.3 Å². The normalized spacial score (nSPS) is 11.5. The summed E-state index contributed by atoms with van der Waals surface area (Å²) >= 11 is 12.0. The minimum Gasteiger partial charge on any atom is -0.399 e. The number of rotatable bonds is 4. The molecule has 0 unspecified atom stereocenters. The minimum atomic E-state index is -3.63. The molecule has 0 fully saturated rings. The summed E-state index contributed by atoms with van der Waals surface area (Å²) < 4.78 is 26.7. The quantitative estimate of drug-likeness (QED) is 0.846. The molecule has 106 valence electrons. The number of hydrogen-bond acceptors (Lipinski definition) is 3. The first-order valence-corrected chi connectivity index (χ1v) is 7.92. The van der Waals surface area contributed by atoms with Crippen molar-refractivity contribution in [1.82, 2.24) is 4.72 Å². The maximum absolute atomic E-state index is 12.1. The van der Waals surface area contributed by atoms with Crippen LogP contribution in [-0.2, 0) is 16.6 Å². The van der Waals surface area contributed by atoms with E-state index >= 15 is 0 Å². The second-order valence-electron chi connectivity index (χ2n) is 4.09. The lowest BCUT2D eigenvalue weighted by atomic mass is 10.2. The fourth-order valence-electron chi connectivity index (χ4n) is 1.60.